The average Bonchev–Trinajstić information content (AvgIpc) is 3.17. The second-order valence-corrected chi connectivity index (χ2v) is 9.23. The first kappa shape index (κ1) is 22.2. The topological polar surface area (TPSA) is 80.3 Å². The normalized spacial score (nSPS) is 28.7. The van der Waals surface area contributed by atoms with Crippen LogP contribution < -0.4 is 0 Å². The first-order valence-electron chi connectivity index (χ1n) is 9.91. The van der Waals surface area contributed by atoms with Gasteiger partial charge in [-0.3, -0.25) is 0 Å². The van der Waals surface area contributed by atoms with Crippen molar-refractivity contribution in [3.05, 3.63) is 69.3 Å². The Hall–Kier alpha value is -2.01. The number of carbonyl (C=O) groups is 2. The number of hydrogen-bond acceptors (Lipinski definition) is 7. The van der Waals surface area contributed by atoms with Gasteiger partial charge in [0.2, 0.25) is 0 Å². The molecule has 2 aliphatic rings. The smallest absolute Gasteiger partial charge is 0.339 e. The molecule has 4 atom stereocenters. The summed E-state index contributed by atoms with van der Waals surface area (Å²) in [7, 11) is 0. The molecule has 2 heterocycles. The second kappa shape index (κ2) is 8.50. The SMILES string of the molecule is CC1(C)OC2[C@H](O[C@@H](COC(=O)c3ccccc3I)[C@]2(C)OC(=O)c2ccccc2)O1. The monoisotopic (exact) mass is 538 g/mol. The van der Waals surface area contributed by atoms with Crippen LogP contribution in [0.25, 0.3) is 0 Å². The quantitative estimate of drug-likeness (QED) is 0.422. The van der Waals surface area contributed by atoms with Gasteiger partial charge < -0.3 is 23.7 Å². The molecule has 31 heavy (non-hydrogen) atoms. The molecular weight excluding hydrogens is 515 g/mol. The zero-order valence-electron chi connectivity index (χ0n) is 17.4. The van der Waals surface area contributed by atoms with E-state index in [1.165, 1.54) is 0 Å². The van der Waals surface area contributed by atoms with E-state index in [-0.39, 0.29) is 6.61 Å². The molecule has 2 aromatic rings. The summed E-state index contributed by atoms with van der Waals surface area (Å²) in [5.74, 6) is -1.89. The molecule has 1 unspecified atom stereocenters. The largest absolute Gasteiger partial charge is 0.459 e. The van der Waals surface area contributed by atoms with Crippen molar-refractivity contribution in [2.24, 2.45) is 0 Å². The van der Waals surface area contributed by atoms with E-state index < -0.39 is 41.8 Å². The van der Waals surface area contributed by atoms with E-state index in [9.17, 15) is 9.59 Å². The van der Waals surface area contributed by atoms with Gasteiger partial charge in [0.15, 0.2) is 23.8 Å². The number of carbonyl (C=O) groups excluding carboxylic acids is 2. The number of hydrogen-bond donors (Lipinski definition) is 0. The fourth-order valence-corrected chi connectivity index (χ4v) is 4.32. The van der Waals surface area contributed by atoms with Crippen molar-refractivity contribution in [3.63, 3.8) is 0 Å². The molecule has 2 saturated heterocycles. The summed E-state index contributed by atoms with van der Waals surface area (Å²) >= 11 is 2.08. The Labute approximate surface area is 194 Å². The summed E-state index contributed by atoms with van der Waals surface area (Å²) in [6, 6.07) is 15.8. The van der Waals surface area contributed by atoms with Crippen LogP contribution in [0.1, 0.15) is 41.5 Å². The van der Waals surface area contributed by atoms with Crippen LogP contribution in [0.4, 0.5) is 0 Å². The van der Waals surface area contributed by atoms with Gasteiger partial charge >= 0.3 is 11.9 Å². The molecule has 0 aliphatic carbocycles. The molecule has 7 nitrogen and oxygen atoms in total. The van der Waals surface area contributed by atoms with Crippen LogP contribution in [0.2, 0.25) is 0 Å². The molecule has 0 N–H and O–H groups in total. The zero-order valence-corrected chi connectivity index (χ0v) is 19.5. The highest BCUT2D eigenvalue weighted by Gasteiger charge is 2.64. The van der Waals surface area contributed by atoms with Crippen molar-refractivity contribution in [2.75, 3.05) is 6.61 Å². The molecule has 0 radical (unpaired) electrons. The van der Waals surface area contributed by atoms with Gasteiger partial charge in [-0.2, -0.15) is 0 Å². The molecule has 0 amide bonds. The van der Waals surface area contributed by atoms with Crippen molar-refractivity contribution in [1.29, 1.82) is 0 Å². The molecule has 2 fully saturated rings. The van der Waals surface area contributed by atoms with Gasteiger partial charge in [0, 0.05) is 3.57 Å². The van der Waals surface area contributed by atoms with Crippen molar-refractivity contribution < 1.29 is 33.3 Å². The average molecular weight is 538 g/mol. The Bertz CT molecular complexity index is 977. The van der Waals surface area contributed by atoms with E-state index in [0.29, 0.717) is 11.1 Å². The van der Waals surface area contributed by atoms with Gasteiger partial charge in [0.1, 0.15) is 12.7 Å². The van der Waals surface area contributed by atoms with Crippen LogP contribution in [-0.4, -0.2) is 48.4 Å². The lowest BCUT2D eigenvalue weighted by Gasteiger charge is -2.34. The van der Waals surface area contributed by atoms with Crippen LogP contribution in [0.5, 0.6) is 0 Å². The fraction of sp³-hybridized carbons (Fsp3) is 0.391. The minimum absolute atomic E-state index is 0.122. The van der Waals surface area contributed by atoms with Crippen molar-refractivity contribution in [2.45, 2.75) is 50.7 Å². The lowest BCUT2D eigenvalue weighted by molar-refractivity contribution is -0.230. The molecule has 0 spiro atoms. The van der Waals surface area contributed by atoms with E-state index in [1.54, 1.807) is 57.2 Å². The van der Waals surface area contributed by atoms with E-state index in [4.69, 9.17) is 23.7 Å². The van der Waals surface area contributed by atoms with Crippen molar-refractivity contribution in [3.8, 4) is 0 Å². The molecule has 164 valence electrons. The molecule has 2 aromatic carbocycles. The molecule has 2 aliphatic heterocycles. The Morgan fingerprint density at radius 1 is 0.968 bits per heavy atom. The third-order valence-corrected chi connectivity index (χ3v) is 6.28. The molecule has 0 aromatic heterocycles. The standard InChI is InChI=1S/C23H23IO7/c1-22(2)29-18-21(31-22)28-17(13-27-20(26)15-11-7-8-12-16(15)24)23(18,3)30-19(25)14-9-5-4-6-10-14/h4-12,17-18,21H,13H2,1-3H3/t17-,18?,21+,23-/m0/s1. The van der Waals surface area contributed by atoms with E-state index in [2.05, 4.69) is 22.6 Å². The summed E-state index contributed by atoms with van der Waals surface area (Å²) in [4.78, 5) is 25.4. The maximum absolute atomic E-state index is 12.8. The predicted molar refractivity (Wildman–Crippen MR) is 118 cm³/mol. The van der Waals surface area contributed by atoms with Gasteiger partial charge in [-0.1, -0.05) is 30.3 Å². The number of halogens is 1. The summed E-state index contributed by atoms with van der Waals surface area (Å²) in [5, 5.41) is 0. The number of rotatable bonds is 5. The Kier molecular flexibility index (Phi) is 6.08. The molecule has 4 rings (SSSR count). The van der Waals surface area contributed by atoms with E-state index in [1.807, 2.05) is 18.2 Å². The van der Waals surface area contributed by atoms with Crippen molar-refractivity contribution >= 4 is 34.5 Å². The highest BCUT2D eigenvalue weighted by molar-refractivity contribution is 14.1. The highest BCUT2D eigenvalue weighted by atomic mass is 127. The first-order chi connectivity index (χ1) is 14.7. The van der Waals surface area contributed by atoms with Crippen LogP contribution >= 0.6 is 22.6 Å². The van der Waals surface area contributed by atoms with E-state index >= 15 is 0 Å². The lowest BCUT2D eigenvalue weighted by atomic mass is 9.94. The summed E-state index contributed by atoms with van der Waals surface area (Å²) < 4.78 is 30.0. The van der Waals surface area contributed by atoms with Gasteiger partial charge in [-0.25, -0.2) is 9.59 Å². The third-order valence-electron chi connectivity index (χ3n) is 5.34. The predicted octanol–water partition coefficient (Wildman–Crippen LogP) is 3.94. The number of fused-ring (bicyclic) bond motifs is 1. The van der Waals surface area contributed by atoms with Gasteiger partial charge in [-0.15, -0.1) is 0 Å². The summed E-state index contributed by atoms with van der Waals surface area (Å²) in [6.07, 6.45) is -2.18. The van der Waals surface area contributed by atoms with Crippen LogP contribution in [0, 0.1) is 3.57 Å². The maximum Gasteiger partial charge on any atom is 0.339 e. The van der Waals surface area contributed by atoms with Crippen molar-refractivity contribution in [1.82, 2.24) is 0 Å². The van der Waals surface area contributed by atoms with Crippen LogP contribution in [-0.2, 0) is 23.7 Å². The maximum atomic E-state index is 12.8. The number of esters is 2. The van der Waals surface area contributed by atoms with E-state index in [0.717, 1.165) is 3.57 Å². The minimum Gasteiger partial charge on any atom is -0.459 e. The Morgan fingerprint density at radius 3 is 2.35 bits per heavy atom. The molecule has 0 bridgehead atoms. The van der Waals surface area contributed by atoms with Crippen LogP contribution in [0.15, 0.2) is 54.6 Å². The van der Waals surface area contributed by atoms with Crippen LogP contribution in [0.3, 0.4) is 0 Å². The zero-order chi connectivity index (χ0) is 22.2. The number of ether oxygens (including phenoxy) is 5. The van der Waals surface area contributed by atoms with Gasteiger partial charge in [0.05, 0.1) is 11.1 Å². The minimum atomic E-state index is -1.23. The lowest BCUT2D eigenvalue weighted by Crippen LogP contribution is -2.51. The highest BCUT2D eigenvalue weighted by Crippen LogP contribution is 2.45. The third kappa shape index (κ3) is 4.48. The molecular formula is C23H23IO7. The second-order valence-electron chi connectivity index (χ2n) is 8.07. The Morgan fingerprint density at radius 2 is 1.65 bits per heavy atom. The number of benzene rings is 2. The fourth-order valence-electron chi connectivity index (χ4n) is 3.71. The first-order valence-corrected chi connectivity index (χ1v) is 11.0. The van der Waals surface area contributed by atoms with Gasteiger partial charge in [0.25, 0.3) is 0 Å². The summed E-state index contributed by atoms with van der Waals surface area (Å²) in [5.41, 5.74) is -0.368. The Balaban J connectivity index is 1.53. The summed E-state index contributed by atoms with van der Waals surface area (Å²) in [6.45, 7) is 5.12. The van der Waals surface area contributed by atoms with Gasteiger partial charge in [-0.05, 0) is 67.6 Å². The molecule has 8 heteroatoms. The molecule has 0 saturated carbocycles.